The van der Waals surface area contributed by atoms with Gasteiger partial charge < -0.3 is 15.0 Å². The number of imidazole rings is 1. The molecule has 0 aliphatic carbocycles. The molecule has 0 radical (unpaired) electrons. The lowest BCUT2D eigenvalue weighted by atomic mass is 9.93. The number of aromatic amines is 1. The van der Waals surface area contributed by atoms with Crippen molar-refractivity contribution in [3.8, 4) is 0 Å². The highest BCUT2D eigenvalue weighted by molar-refractivity contribution is 5.77. The lowest BCUT2D eigenvalue weighted by molar-refractivity contribution is -0.130. The summed E-state index contributed by atoms with van der Waals surface area (Å²) in [7, 11) is 0. The predicted molar refractivity (Wildman–Crippen MR) is 98.5 cm³/mol. The average Bonchev–Trinajstić information content (AvgIpc) is 3.30. The minimum atomic E-state index is 0.0417. The summed E-state index contributed by atoms with van der Waals surface area (Å²) in [6, 6.07) is 13.7. The van der Waals surface area contributed by atoms with Gasteiger partial charge >= 0.3 is 0 Å². The molecule has 1 aliphatic heterocycles. The number of para-hydroxylation sites is 2. The number of hydrogen-bond acceptors (Lipinski definition) is 4. The smallest absolute Gasteiger partial charge is 0.223 e. The van der Waals surface area contributed by atoms with Crippen molar-refractivity contribution in [2.24, 2.45) is 5.92 Å². The lowest BCUT2D eigenvalue weighted by Crippen LogP contribution is -2.29. The van der Waals surface area contributed by atoms with Gasteiger partial charge in [0.1, 0.15) is 5.82 Å². The summed E-state index contributed by atoms with van der Waals surface area (Å²) in [5.41, 5.74) is 2.86. The Morgan fingerprint density at radius 1 is 1.19 bits per heavy atom. The molecule has 2 N–H and O–H groups in total. The van der Waals surface area contributed by atoms with E-state index in [2.05, 4.69) is 15.0 Å². The zero-order valence-corrected chi connectivity index (χ0v) is 14.5. The van der Waals surface area contributed by atoms with Crippen molar-refractivity contribution in [3.63, 3.8) is 0 Å². The molecule has 3 aromatic rings. The molecule has 0 unspecified atom stereocenters. The number of fused-ring (bicyclic) bond motifs is 1. The molecule has 0 spiro atoms. The number of pyridine rings is 1. The van der Waals surface area contributed by atoms with E-state index >= 15 is 0 Å². The highest BCUT2D eigenvalue weighted by atomic mass is 16.3. The number of nitrogens with one attached hydrogen (secondary N) is 1. The van der Waals surface area contributed by atoms with Crippen LogP contribution in [0.25, 0.3) is 11.0 Å². The molecule has 134 valence electrons. The van der Waals surface area contributed by atoms with E-state index in [9.17, 15) is 9.90 Å². The number of aromatic nitrogens is 3. The number of amides is 1. The Hall–Kier alpha value is -2.73. The molecule has 1 saturated heterocycles. The molecule has 1 aromatic carbocycles. The Balaban J connectivity index is 1.40. The summed E-state index contributed by atoms with van der Waals surface area (Å²) in [6.07, 6.45) is 2.75. The number of hydrogen-bond donors (Lipinski definition) is 2. The van der Waals surface area contributed by atoms with Crippen LogP contribution in [-0.4, -0.2) is 50.6 Å². The van der Waals surface area contributed by atoms with Crippen molar-refractivity contribution in [2.75, 3.05) is 19.7 Å². The predicted octanol–water partition coefficient (Wildman–Crippen LogP) is 2.12. The molecule has 2 aromatic heterocycles. The number of H-pyrrole nitrogens is 1. The van der Waals surface area contributed by atoms with Gasteiger partial charge in [-0.05, 0) is 24.3 Å². The van der Waals surface area contributed by atoms with Gasteiger partial charge in [0.2, 0.25) is 5.91 Å². The third-order valence-corrected chi connectivity index (χ3v) is 5.11. The largest absolute Gasteiger partial charge is 0.396 e. The van der Waals surface area contributed by atoms with Gasteiger partial charge in [0.15, 0.2) is 0 Å². The van der Waals surface area contributed by atoms with Crippen LogP contribution in [0.2, 0.25) is 0 Å². The third kappa shape index (κ3) is 3.32. The normalized spacial score (nSPS) is 20.0. The fraction of sp³-hybridized carbons (Fsp3) is 0.350. The van der Waals surface area contributed by atoms with E-state index in [0.29, 0.717) is 25.9 Å². The van der Waals surface area contributed by atoms with E-state index in [-0.39, 0.29) is 24.3 Å². The number of aliphatic hydroxyl groups is 1. The second-order valence-corrected chi connectivity index (χ2v) is 6.80. The fourth-order valence-corrected chi connectivity index (χ4v) is 3.70. The minimum Gasteiger partial charge on any atom is -0.396 e. The summed E-state index contributed by atoms with van der Waals surface area (Å²) in [5.74, 6) is 1.07. The van der Waals surface area contributed by atoms with Crippen molar-refractivity contribution in [2.45, 2.75) is 18.8 Å². The first-order valence-corrected chi connectivity index (χ1v) is 8.98. The molecule has 0 saturated carbocycles. The highest BCUT2D eigenvalue weighted by Crippen LogP contribution is 2.31. The summed E-state index contributed by atoms with van der Waals surface area (Å²) in [5, 5.41) is 9.71. The number of aryl methyl sites for hydroxylation is 1. The molecule has 1 fully saturated rings. The quantitative estimate of drug-likeness (QED) is 0.738. The van der Waals surface area contributed by atoms with Gasteiger partial charge in [0.25, 0.3) is 0 Å². The van der Waals surface area contributed by atoms with Gasteiger partial charge in [0.05, 0.1) is 11.0 Å². The highest BCUT2D eigenvalue weighted by Gasteiger charge is 2.36. The van der Waals surface area contributed by atoms with Crippen LogP contribution >= 0.6 is 0 Å². The van der Waals surface area contributed by atoms with Crippen molar-refractivity contribution >= 4 is 16.9 Å². The first-order chi connectivity index (χ1) is 12.7. The molecule has 0 bridgehead atoms. The van der Waals surface area contributed by atoms with Crippen LogP contribution in [-0.2, 0) is 11.2 Å². The van der Waals surface area contributed by atoms with Gasteiger partial charge in [-0.15, -0.1) is 0 Å². The van der Waals surface area contributed by atoms with E-state index in [0.717, 1.165) is 22.6 Å². The summed E-state index contributed by atoms with van der Waals surface area (Å²) >= 11 is 0. The lowest BCUT2D eigenvalue weighted by Gasteiger charge is -2.16. The van der Waals surface area contributed by atoms with E-state index < -0.39 is 0 Å². The Kier molecular flexibility index (Phi) is 4.67. The van der Waals surface area contributed by atoms with Crippen LogP contribution in [0.5, 0.6) is 0 Å². The van der Waals surface area contributed by atoms with Crippen molar-refractivity contribution < 1.29 is 9.90 Å². The van der Waals surface area contributed by atoms with Crippen LogP contribution in [0.3, 0.4) is 0 Å². The Morgan fingerprint density at radius 3 is 2.81 bits per heavy atom. The van der Waals surface area contributed by atoms with Crippen molar-refractivity contribution in [1.29, 1.82) is 0 Å². The number of benzene rings is 1. The monoisotopic (exact) mass is 350 g/mol. The van der Waals surface area contributed by atoms with Crippen LogP contribution in [0.4, 0.5) is 0 Å². The summed E-state index contributed by atoms with van der Waals surface area (Å²) in [4.78, 5) is 26.7. The van der Waals surface area contributed by atoms with Gasteiger partial charge in [-0.2, -0.15) is 0 Å². The molecule has 6 nitrogen and oxygen atoms in total. The molecule has 1 aliphatic rings. The zero-order chi connectivity index (χ0) is 17.9. The topological polar surface area (TPSA) is 82.1 Å². The Morgan fingerprint density at radius 2 is 2.04 bits per heavy atom. The second-order valence-electron chi connectivity index (χ2n) is 6.80. The van der Waals surface area contributed by atoms with Crippen molar-refractivity contribution in [1.82, 2.24) is 19.9 Å². The fourth-order valence-electron chi connectivity index (χ4n) is 3.70. The molecule has 6 heteroatoms. The maximum atomic E-state index is 12.7. The molecule has 3 heterocycles. The maximum Gasteiger partial charge on any atom is 0.223 e. The Bertz CT molecular complexity index is 860. The maximum absolute atomic E-state index is 12.7. The number of aliphatic hydroxyl groups excluding tert-OH is 1. The molecule has 26 heavy (non-hydrogen) atoms. The van der Waals surface area contributed by atoms with Crippen molar-refractivity contribution in [3.05, 3.63) is 60.2 Å². The van der Waals surface area contributed by atoms with Crippen LogP contribution in [0.1, 0.15) is 23.9 Å². The number of carbonyl (C=O) groups excluding carboxylic acids is 1. The minimum absolute atomic E-state index is 0.0417. The van der Waals surface area contributed by atoms with E-state index in [4.69, 9.17) is 0 Å². The van der Waals surface area contributed by atoms with Crippen LogP contribution in [0.15, 0.2) is 48.7 Å². The SMILES string of the molecule is O=C(CCc1nc2ccccc2[nH]1)N1C[C@@H](CO)[C@H](c2ccccn2)C1. The first-order valence-electron chi connectivity index (χ1n) is 8.98. The second kappa shape index (κ2) is 7.25. The van der Waals surface area contributed by atoms with E-state index in [1.807, 2.05) is 47.4 Å². The first kappa shape index (κ1) is 16.7. The van der Waals surface area contributed by atoms with Crippen LogP contribution in [0, 0.1) is 5.92 Å². The zero-order valence-electron chi connectivity index (χ0n) is 14.5. The molecule has 1 amide bonds. The van der Waals surface area contributed by atoms with E-state index in [1.165, 1.54) is 0 Å². The number of nitrogens with zero attached hydrogens (tertiary/aromatic N) is 3. The summed E-state index contributed by atoms with van der Waals surface area (Å²) in [6.45, 7) is 1.26. The molecule has 2 atom stereocenters. The van der Waals surface area contributed by atoms with Crippen LogP contribution < -0.4 is 0 Å². The molecular weight excluding hydrogens is 328 g/mol. The van der Waals surface area contributed by atoms with Gasteiger partial charge in [0, 0.05) is 56.3 Å². The third-order valence-electron chi connectivity index (χ3n) is 5.11. The molecular formula is C20H22N4O2. The molecule has 4 rings (SSSR count). The van der Waals surface area contributed by atoms with E-state index in [1.54, 1.807) is 6.20 Å². The van der Waals surface area contributed by atoms with Gasteiger partial charge in [-0.1, -0.05) is 18.2 Å². The Labute approximate surface area is 151 Å². The average molecular weight is 350 g/mol. The number of carbonyl (C=O) groups is 1. The number of likely N-dealkylation sites (tertiary alicyclic amines) is 1. The standard InChI is InChI=1S/C20H22N4O2/c25-13-14-11-24(12-15(14)16-5-3-4-10-21-16)20(26)9-8-19-22-17-6-1-2-7-18(17)23-19/h1-7,10,14-15,25H,8-9,11-13H2,(H,22,23)/t14-,15+/m0/s1. The number of rotatable bonds is 5. The summed E-state index contributed by atoms with van der Waals surface area (Å²) < 4.78 is 0. The van der Waals surface area contributed by atoms with Gasteiger partial charge in [-0.25, -0.2) is 4.98 Å². The van der Waals surface area contributed by atoms with Gasteiger partial charge in [-0.3, -0.25) is 9.78 Å².